The number of aromatic nitrogens is 1. The van der Waals surface area contributed by atoms with Gasteiger partial charge >= 0.3 is 0 Å². The molecule has 1 aromatic heterocycles. The average Bonchev–Trinajstić information content (AvgIpc) is 2.83. The molecule has 2 heterocycles. The highest BCUT2D eigenvalue weighted by Crippen LogP contribution is 2.33. The van der Waals surface area contributed by atoms with Gasteiger partial charge in [0.15, 0.2) is 0 Å². The van der Waals surface area contributed by atoms with E-state index in [2.05, 4.69) is 35.3 Å². The number of nitrogens with two attached hydrogens (primary N) is 1. The summed E-state index contributed by atoms with van der Waals surface area (Å²) in [5, 5.41) is 8.87. The molecule has 6 heteroatoms. The Hall–Kier alpha value is -0.940. The maximum absolute atomic E-state index is 7.57. The zero-order chi connectivity index (χ0) is 14.5. The number of aromatic amines is 1. The monoisotopic (exact) mass is 347 g/mol. The van der Waals surface area contributed by atoms with Crippen LogP contribution in [0.25, 0.3) is 10.9 Å². The third-order valence-electron chi connectivity index (χ3n) is 3.90. The minimum Gasteiger partial charge on any atom is -0.399 e. The fourth-order valence-electron chi connectivity index (χ4n) is 2.82. The molecule has 22 heavy (non-hydrogen) atoms. The van der Waals surface area contributed by atoms with Crippen molar-refractivity contribution >= 4 is 41.4 Å². The number of nitrogens with one attached hydrogen (secondary N) is 1. The van der Waals surface area contributed by atoms with Crippen molar-refractivity contribution in [3.8, 4) is 0 Å². The first-order valence-corrected chi connectivity index (χ1v) is 7.31. The van der Waals surface area contributed by atoms with Crippen LogP contribution in [0.1, 0.15) is 31.2 Å². The Morgan fingerprint density at radius 2 is 1.86 bits per heavy atom. The molecular weight excluding hydrogens is 321 g/mol. The quantitative estimate of drug-likeness (QED) is 0.692. The van der Waals surface area contributed by atoms with Crippen LogP contribution < -0.4 is 5.73 Å². The number of piperidine rings is 1. The van der Waals surface area contributed by atoms with Gasteiger partial charge < -0.3 is 20.7 Å². The van der Waals surface area contributed by atoms with Gasteiger partial charge in [-0.1, -0.05) is 0 Å². The van der Waals surface area contributed by atoms with E-state index < -0.39 is 0 Å². The van der Waals surface area contributed by atoms with E-state index in [9.17, 15) is 0 Å². The number of hydrogen-bond donors (Lipinski definition) is 3. The van der Waals surface area contributed by atoms with Crippen LogP contribution >= 0.6 is 24.8 Å². The molecule has 1 fully saturated rings. The van der Waals surface area contributed by atoms with Crippen molar-refractivity contribution in [3.05, 3.63) is 30.0 Å². The standard InChI is InChI=1S/C14H19N3.C2H6O.2ClH/c1-17-6-4-10(5-7-17)13-9-16-14-3-2-11(15)8-12(13)14;1-2-3;;/h2-3,8-10,16H,4-7,15H2,1H3;3H,2H2,1H3;2*1H. The van der Waals surface area contributed by atoms with Gasteiger partial charge in [0.25, 0.3) is 0 Å². The number of nitrogens with zero attached hydrogens (tertiary/aromatic N) is 1. The lowest BCUT2D eigenvalue weighted by atomic mass is 9.89. The molecule has 0 saturated carbocycles. The highest BCUT2D eigenvalue weighted by atomic mass is 35.5. The maximum Gasteiger partial charge on any atom is 0.0458 e. The molecule has 126 valence electrons. The first-order valence-electron chi connectivity index (χ1n) is 7.31. The van der Waals surface area contributed by atoms with Crippen molar-refractivity contribution in [1.82, 2.24) is 9.88 Å². The molecule has 0 unspecified atom stereocenters. The first-order chi connectivity index (χ1) is 9.65. The number of hydrogen-bond acceptors (Lipinski definition) is 3. The van der Waals surface area contributed by atoms with Crippen LogP contribution in [-0.2, 0) is 0 Å². The van der Waals surface area contributed by atoms with Crippen LogP contribution in [-0.4, -0.2) is 41.7 Å². The van der Waals surface area contributed by atoms with Crippen molar-refractivity contribution in [2.45, 2.75) is 25.7 Å². The Bertz CT molecular complexity index is 551. The van der Waals surface area contributed by atoms with Crippen LogP contribution in [0.15, 0.2) is 24.4 Å². The maximum atomic E-state index is 7.57. The van der Waals surface area contributed by atoms with Crippen molar-refractivity contribution < 1.29 is 5.11 Å². The molecule has 2 aromatic rings. The van der Waals surface area contributed by atoms with Crippen LogP contribution in [0.2, 0.25) is 0 Å². The zero-order valence-electron chi connectivity index (χ0n) is 13.2. The van der Waals surface area contributed by atoms with E-state index in [1.54, 1.807) is 6.92 Å². The molecule has 4 N–H and O–H groups in total. The van der Waals surface area contributed by atoms with Gasteiger partial charge in [-0.2, -0.15) is 0 Å². The number of halogens is 2. The van der Waals surface area contributed by atoms with Crippen molar-refractivity contribution in [2.24, 2.45) is 0 Å². The van der Waals surface area contributed by atoms with Gasteiger partial charge in [0.05, 0.1) is 0 Å². The lowest BCUT2D eigenvalue weighted by molar-refractivity contribution is 0.256. The van der Waals surface area contributed by atoms with Crippen molar-refractivity contribution in [2.75, 3.05) is 32.5 Å². The van der Waals surface area contributed by atoms with Gasteiger partial charge in [-0.15, -0.1) is 24.8 Å². The van der Waals surface area contributed by atoms with Crippen LogP contribution in [0.4, 0.5) is 5.69 Å². The Morgan fingerprint density at radius 1 is 1.27 bits per heavy atom. The Labute approximate surface area is 144 Å². The lowest BCUT2D eigenvalue weighted by Gasteiger charge is -2.28. The average molecular weight is 348 g/mol. The molecule has 1 saturated heterocycles. The third-order valence-corrected chi connectivity index (χ3v) is 3.90. The minimum atomic E-state index is 0. The van der Waals surface area contributed by atoms with Gasteiger partial charge in [0.1, 0.15) is 0 Å². The second kappa shape index (κ2) is 9.95. The van der Waals surface area contributed by atoms with E-state index in [0.717, 1.165) is 5.69 Å². The summed E-state index contributed by atoms with van der Waals surface area (Å²) < 4.78 is 0. The van der Waals surface area contributed by atoms with E-state index in [0.29, 0.717) is 5.92 Å². The Kier molecular flexibility index (Phi) is 9.53. The van der Waals surface area contributed by atoms with E-state index in [-0.39, 0.29) is 31.4 Å². The summed E-state index contributed by atoms with van der Waals surface area (Å²) in [5.74, 6) is 0.682. The van der Waals surface area contributed by atoms with E-state index in [4.69, 9.17) is 10.8 Å². The van der Waals surface area contributed by atoms with E-state index in [1.165, 1.54) is 42.4 Å². The molecule has 3 rings (SSSR count). The zero-order valence-corrected chi connectivity index (χ0v) is 14.8. The number of nitrogen functional groups attached to an aromatic ring is 1. The topological polar surface area (TPSA) is 65.3 Å². The number of aliphatic hydroxyl groups is 1. The molecule has 0 bridgehead atoms. The van der Waals surface area contributed by atoms with Crippen molar-refractivity contribution in [1.29, 1.82) is 0 Å². The van der Waals surface area contributed by atoms with Crippen LogP contribution in [0.3, 0.4) is 0 Å². The van der Waals surface area contributed by atoms with Crippen LogP contribution in [0.5, 0.6) is 0 Å². The number of fused-ring (bicyclic) bond motifs is 1. The Morgan fingerprint density at radius 3 is 2.45 bits per heavy atom. The summed E-state index contributed by atoms with van der Waals surface area (Å²) >= 11 is 0. The predicted molar refractivity (Wildman–Crippen MR) is 99.4 cm³/mol. The summed E-state index contributed by atoms with van der Waals surface area (Å²) in [6.07, 6.45) is 4.66. The molecule has 1 aliphatic rings. The fourth-order valence-corrected chi connectivity index (χ4v) is 2.82. The third kappa shape index (κ3) is 5.06. The number of aliphatic hydroxyl groups excluding tert-OH is 1. The second-order valence-electron chi connectivity index (χ2n) is 5.44. The number of H-pyrrole nitrogens is 1. The number of benzene rings is 1. The molecule has 1 aliphatic heterocycles. The number of likely N-dealkylation sites (tertiary alicyclic amines) is 1. The van der Waals surface area contributed by atoms with E-state index in [1.807, 2.05) is 6.07 Å². The summed E-state index contributed by atoms with van der Waals surface area (Å²) in [6.45, 7) is 4.32. The molecule has 0 atom stereocenters. The van der Waals surface area contributed by atoms with Gasteiger partial charge in [-0.25, -0.2) is 0 Å². The van der Waals surface area contributed by atoms with E-state index >= 15 is 0 Å². The van der Waals surface area contributed by atoms with Gasteiger partial charge in [-0.3, -0.25) is 0 Å². The fraction of sp³-hybridized carbons (Fsp3) is 0.500. The molecule has 0 aliphatic carbocycles. The molecular formula is C16H27Cl2N3O. The smallest absolute Gasteiger partial charge is 0.0458 e. The minimum absolute atomic E-state index is 0. The Balaban J connectivity index is 0.000000820. The second-order valence-corrected chi connectivity index (χ2v) is 5.44. The predicted octanol–water partition coefficient (Wildman–Crippen LogP) is 3.40. The largest absolute Gasteiger partial charge is 0.399 e. The summed E-state index contributed by atoms with van der Waals surface area (Å²) in [4.78, 5) is 5.76. The van der Waals surface area contributed by atoms with Gasteiger partial charge in [0.2, 0.25) is 0 Å². The number of rotatable bonds is 1. The SMILES string of the molecule is CCO.CN1CCC(c2c[nH]c3ccc(N)cc23)CC1.Cl.Cl. The summed E-state index contributed by atoms with van der Waals surface area (Å²) in [5.41, 5.74) is 9.38. The van der Waals surface area contributed by atoms with Gasteiger partial charge in [0, 0.05) is 29.4 Å². The van der Waals surface area contributed by atoms with Crippen molar-refractivity contribution in [3.63, 3.8) is 0 Å². The molecule has 4 nitrogen and oxygen atoms in total. The summed E-state index contributed by atoms with van der Waals surface area (Å²) in [6, 6.07) is 6.12. The molecule has 0 radical (unpaired) electrons. The summed E-state index contributed by atoms with van der Waals surface area (Å²) in [7, 11) is 2.20. The first kappa shape index (κ1) is 21.1. The highest BCUT2D eigenvalue weighted by Gasteiger charge is 2.20. The molecule has 0 spiro atoms. The lowest BCUT2D eigenvalue weighted by Crippen LogP contribution is -2.29. The molecule has 1 aromatic carbocycles. The number of anilines is 1. The normalized spacial score (nSPS) is 15.4. The molecule has 0 amide bonds. The van der Waals surface area contributed by atoms with Gasteiger partial charge in [-0.05, 0) is 69.6 Å². The highest BCUT2D eigenvalue weighted by molar-refractivity contribution is 5.86. The van der Waals surface area contributed by atoms with Crippen LogP contribution in [0, 0.1) is 0 Å².